The molecule has 1 aromatic heterocycles. The summed E-state index contributed by atoms with van der Waals surface area (Å²) in [4.78, 5) is 29.5. The smallest absolute Gasteiger partial charge is 0.416 e. The summed E-state index contributed by atoms with van der Waals surface area (Å²) in [6, 6.07) is 9.70. The number of amides is 2. The molecule has 0 spiro atoms. The maximum absolute atomic E-state index is 13.4. The largest absolute Gasteiger partial charge is 0.488 e. The molecule has 226 valence electrons. The maximum Gasteiger partial charge on any atom is 0.416 e. The Hall–Kier alpha value is -4.04. The van der Waals surface area contributed by atoms with Crippen molar-refractivity contribution in [1.82, 2.24) is 30.0 Å². The number of benzene rings is 2. The number of ether oxygens (including phenoxy) is 1. The highest BCUT2D eigenvalue weighted by Gasteiger charge is 2.32. The van der Waals surface area contributed by atoms with E-state index in [1.54, 1.807) is 30.0 Å². The average molecular weight is 590 g/mol. The number of rotatable bonds is 9. The highest BCUT2D eigenvalue weighted by molar-refractivity contribution is 5.91. The number of halogens is 3. The lowest BCUT2D eigenvalue weighted by Crippen LogP contribution is -2.47. The van der Waals surface area contributed by atoms with E-state index in [-0.39, 0.29) is 37.3 Å². The number of tetrazole rings is 1. The summed E-state index contributed by atoms with van der Waals surface area (Å²) < 4.78 is 46.7. The molecular weight excluding hydrogens is 555 g/mol. The van der Waals surface area contributed by atoms with Crippen molar-refractivity contribution in [3.05, 3.63) is 65.5 Å². The second-order valence-corrected chi connectivity index (χ2v) is 10.7. The normalized spacial score (nSPS) is 18.5. The predicted molar refractivity (Wildman–Crippen MR) is 146 cm³/mol. The van der Waals surface area contributed by atoms with Crippen LogP contribution in [0.15, 0.2) is 48.8 Å². The van der Waals surface area contributed by atoms with Gasteiger partial charge in [0.05, 0.1) is 24.6 Å². The molecule has 2 amide bonds. The molecule has 0 unspecified atom stereocenters. The van der Waals surface area contributed by atoms with E-state index >= 15 is 0 Å². The molecule has 3 aromatic rings. The molecule has 0 aliphatic carbocycles. The number of nitrogens with zero attached hydrogens (tertiary/aromatic N) is 6. The van der Waals surface area contributed by atoms with Crippen LogP contribution in [0.2, 0.25) is 0 Å². The third-order valence-electron chi connectivity index (χ3n) is 7.12. The molecular formula is C28H34F3N7O4. The molecule has 0 saturated carbocycles. The van der Waals surface area contributed by atoms with Crippen LogP contribution in [-0.4, -0.2) is 85.8 Å². The fourth-order valence-corrected chi connectivity index (χ4v) is 4.81. The summed E-state index contributed by atoms with van der Waals surface area (Å²) in [5.41, 5.74) is 1.05. The van der Waals surface area contributed by atoms with Gasteiger partial charge in [0.2, 0.25) is 11.8 Å². The summed E-state index contributed by atoms with van der Waals surface area (Å²) in [6.45, 7) is 4.57. The summed E-state index contributed by atoms with van der Waals surface area (Å²) in [7, 11) is 1.85. The van der Waals surface area contributed by atoms with Gasteiger partial charge in [0.25, 0.3) is 0 Å². The first-order chi connectivity index (χ1) is 19.9. The van der Waals surface area contributed by atoms with Gasteiger partial charge in [-0.25, -0.2) is 4.68 Å². The maximum atomic E-state index is 13.4. The Balaban J connectivity index is 1.54. The average Bonchev–Trinajstić information content (AvgIpc) is 3.45. The number of alkyl halides is 3. The zero-order chi connectivity index (χ0) is 30.4. The fourth-order valence-electron chi connectivity index (χ4n) is 4.81. The van der Waals surface area contributed by atoms with E-state index in [0.717, 1.165) is 17.7 Å². The molecule has 4 rings (SSSR count). The number of carbonyl (C=O) groups excluding carboxylic acids is 2. The zero-order valence-electron chi connectivity index (χ0n) is 23.6. The Morgan fingerprint density at radius 2 is 1.98 bits per heavy atom. The van der Waals surface area contributed by atoms with Crippen molar-refractivity contribution in [2.75, 3.05) is 32.1 Å². The van der Waals surface area contributed by atoms with E-state index in [4.69, 9.17) is 4.74 Å². The van der Waals surface area contributed by atoms with E-state index in [0.29, 0.717) is 36.6 Å². The number of aromatic nitrogens is 4. The highest BCUT2D eigenvalue weighted by Crippen LogP contribution is 2.31. The third-order valence-corrected chi connectivity index (χ3v) is 7.12. The van der Waals surface area contributed by atoms with Crippen molar-refractivity contribution in [3.63, 3.8) is 0 Å². The Bertz CT molecular complexity index is 1350. The molecule has 11 nitrogen and oxygen atoms in total. The van der Waals surface area contributed by atoms with Gasteiger partial charge >= 0.3 is 6.18 Å². The summed E-state index contributed by atoms with van der Waals surface area (Å²) in [6.07, 6.45) is -3.48. The first-order valence-corrected chi connectivity index (χ1v) is 13.5. The van der Waals surface area contributed by atoms with Crippen LogP contribution in [0.1, 0.15) is 30.5 Å². The molecule has 2 heterocycles. The van der Waals surface area contributed by atoms with Gasteiger partial charge in [-0.1, -0.05) is 19.1 Å². The van der Waals surface area contributed by atoms with Gasteiger partial charge in [0.15, 0.2) is 0 Å². The van der Waals surface area contributed by atoms with Gasteiger partial charge in [-0.05, 0) is 60.3 Å². The van der Waals surface area contributed by atoms with E-state index < -0.39 is 23.9 Å². The van der Waals surface area contributed by atoms with Crippen molar-refractivity contribution < 1.29 is 32.6 Å². The Morgan fingerprint density at radius 1 is 1.24 bits per heavy atom. The van der Waals surface area contributed by atoms with Crippen LogP contribution < -0.4 is 10.1 Å². The molecule has 0 fully saturated rings. The fraction of sp³-hybridized carbons (Fsp3) is 0.464. The molecule has 3 atom stereocenters. The molecule has 0 radical (unpaired) electrons. The number of aliphatic hydroxyl groups excluding tert-OH is 1. The summed E-state index contributed by atoms with van der Waals surface area (Å²) >= 11 is 0. The van der Waals surface area contributed by atoms with Crippen LogP contribution in [0.4, 0.5) is 18.9 Å². The standard InChI is InChI=1S/C28H34F3N7O4/c1-18-12-38(19(2)16-39)27(41)11-21-10-23(33-26(40)15-37-17-32-34-35-37)8-9-24(21)42-25(18)14-36(3)13-20-4-6-22(7-5-20)28(29,30)31/h4-10,17-19,25,39H,11-16H2,1-3H3,(H,33,40)/t18-,19+,25+/m1/s1. The molecule has 42 heavy (non-hydrogen) atoms. The van der Waals surface area contributed by atoms with E-state index in [1.807, 2.05) is 18.9 Å². The second-order valence-electron chi connectivity index (χ2n) is 10.7. The van der Waals surface area contributed by atoms with Crippen molar-refractivity contribution >= 4 is 17.5 Å². The zero-order valence-corrected chi connectivity index (χ0v) is 23.6. The van der Waals surface area contributed by atoms with Crippen LogP contribution in [-0.2, 0) is 35.3 Å². The number of likely N-dealkylation sites (N-methyl/N-ethyl adjacent to an activating group) is 1. The van der Waals surface area contributed by atoms with Gasteiger partial charge in [-0.15, -0.1) is 5.10 Å². The third kappa shape index (κ3) is 8.03. The lowest BCUT2D eigenvalue weighted by atomic mass is 10.0. The van der Waals surface area contributed by atoms with Gasteiger partial charge in [-0.2, -0.15) is 13.2 Å². The van der Waals surface area contributed by atoms with Crippen LogP contribution in [0.3, 0.4) is 0 Å². The molecule has 2 N–H and O–H groups in total. The predicted octanol–water partition coefficient (Wildman–Crippen LogP) is 2.61. The molecule has 2 aromatic carbocycles. The van der Waals surface area contributed by atoms with E-state index in [9.17, 15) is 27.9 Å². The van der Waals surface area contributed by atoms with Crippen molar-refractivity contribution in [2.45, 2.75) is 51.7 Å². The van der Waals surface area contributed by atoms with E-state index in [2.05, 4.69) is 20.8 Å². The van der Waals surface area contributed by atoms with Gasteiger partial charge < -0.3 is 20.1 Å². The number of fused-ring (bicyclic) bond motifs is 1. The summed E-state index contributed by atoms with van der Waals surface area (Å²) in [5, 5.41) is 23.3. The number of hydrogen-bond acceptors (Lipinski definition) is 8. The van der Waals surface area contributed by atoms with E-state index in [1.165, 1.54) is 23.1 Å². The second kappa shape index (κ2) is 13.3. The molecule has 0 bridgehead atoms. The van der Waals surface area contributed by atoms with Crippen LogP contribution in [0.25, 0.3) is 0 Å². The minimum Gasteiger partial charge on any atom is -0.488 e. The van der Waals surface area contributed by atoms with Crippen molar-refractivity contribution in [3.8, 4) is 5.75 Å². The SMILES string of the molecule is C[C@@H]1CN([C@@H](C)CO)C(=O)Cc2cc(NC(=O)Cn3cnnn3)ccc2O[C@H]1CN(C)Cc1ccc(C(F)(F)F)cc1. The Kier molecular flexibility index (Phi) is 9.78. The molecule has 1 aliphatic heterocycles. The minimum absolute atomic E-state index is 0.00276. The Labute approximate surface area is 241 Å². The van der Waals surface area contributed by atoms with Gasteiger partial charge in [0.1, 0.15) is 24.7 Å². The molecule has 1 aliphatic rings. The first-order valence-electron chi connectivity index (χ1n) is 13.5. The number of carbonyl (C=O) groups is 2. The number of anilines is 1. The Morgan fingerprint density at radius 3 is 2.62 bits per heavy atom. The monoisotopic (exact) mass is 589 g/mol. The quantitative estimate of drug-likeness (QED) is 0.390. The molecule has 0 saturated heterocycles. The van der Waals surface area contributed by atoms with Crippen molar-refractivity contribution in [2.24, 2.45) is 5.92 Å². The van der Waals surface area contributed by atoms with Crippen LogP contribution in [0, 0.1) is 5.92 Å². The number of hydrogen-bond donors (Lipinski definition) is 2. The topological polar surface area (TPSA) is 126 Å². The highest BCUT2D eigenvalue weighted by atomic mass is 19.4. The summed E-state index contributed by atoms with van der Waals surface area (Å²) in [5.74, 6) is -0.214. The number of aliphatic hydroxyl groups is 1. The van der Waals surface area contributed by atoms with Crippen molar-refractivity contribution in [1.29, 1.82) is 0 Å². The lowest BCUT2D eigenvalue weighted by molar-refractivity contribution is -0.137. The van der Waals surface area contributed by atoms with Gasteiger partial charge in [0, 0.05) is 36.8 Å². The van der Waals surface area contributed by atoms with Crippen LogP contribution in [0.5, 0.6) is 5.75 Å². The van der Waals surface area contributed by atoms with Crippen LogP contribution >= 0.6 is 0 Å². The van der Waals surface area contributed by atoms with Gasteiger partial charge in [-0.3, -0.25) is 14.5 Å². The molecule has 14 heteroatoms. The lowest BCUT2D eigenvalue weighted by Gasteiger charge is -2.34. The first kappa shape index (κ1) is 30.9. The minimum atomic E-state index is -4.40. The number of nitrogens with one attached hydrogen (secondary N) is 1.